The molecule has 0 aromatic heterocycles. The Labute approximate surface area is 258 Å². The summed E-state index contributed by atoms with van der Waals surface area (Å²) in [5.41, 5.74) is 4.83. The van der Waals surface area contributed by atoms with Crippen LogP contribution >= 0.6 is 11.6 Å². The number of allylic oxidation sites excluding steroid dienone is 1. The van der Waals surface area contributed by atoms with E-state index in [4.69, 9.17) is 30.5 Å². The maximum absolute atomic E-state index is 13.2. The van der Waals surface area contributed by atoms with Crippen molar-refractivity contribution in [2.45, 2.75) is 26.5 Å². The van der Waals surface area contributed by atoms with Crippen molar-refractivity contribution in [3.8, 4) is 17.2 Å². The van der Waals surface area contributed by atoms with Gasteiger partial charge in [-0.3, -0.25) is 4.79 Å². The Morgan fingerprint density at radius 1 is 1.05 bits per heavy atom. The van der Waals surface area contributed by atoms with Gasteiger partial charge in [-0.05, 0) is 67.4 Å². The van der Waals surface area contributed by atoms with Crippen molar-refractivity contribution in [1.29, 1.82) is 0 Å². The minimum absolute atomic E-state index is 0.171. The van der Waals surface area contributed by atoms with Crippen LogP contribution in [0.25, 0.3) is 0 Å². The summed E-state index contributed by atoms with van der Waals surface area (Å²) in [4.78, 5) is 37.2. The summed E-state index contributed by atoms with van der Waals surface area (Å²) in [5, 5.41) is 9.72. The monoisotopic (exact) mass is 624 g/mol. The van der Waals surface area contributed by atoms with Crippen LogP contribution in [0.4, 0.5) is 9.18 Å². The summed E-state index contributed by atoms with van der Waals surface area (Å²) in [6, 6.07) is 14.4. The number of carbonyl (C=O) groups is 3. The van der Waals surface area contributed by atoms with Crippen LogP contribution in [0.3, 0.4) is 0 Å². The first-order chi connectivity index (χ1) is 21.2. The number of hydrogen-bond donors (Lipinski definition) is 3. The molecule has 0 bridgehead atoms. The molecule has 1 heterocycles. The molecule has 230 valence electrons. The maximum Gasteiger partial charge on any atom is 0.338 e. The van der Waals surface area contributed by atoms with Gasteiger partial charge in [0.1, 0.15) is 18.2 Å². The number of rotatable bonds is 12. The second-order valence-electron chi connectivity index (χ2n) is 9.38. The van der Waals surface area contributed by atoms with Crippen LogP contribution in [0.5, 0.6) is 17.2 Å². The van der Waals surface area contributed by atoms with Gasteiger partial charge >= 0.3 is 12.0 Å². The van der Waals surface area contributed by atoms with Crippen LogP contribution in [0.1, 0.15) is 36.6 Å². The van der Waals surface area contributed by atoms with Crippen molar-refractivity contribution in [2.24, 2.45) is 5.10 Å². The number of nitrogens with one attached hydrogen (secondary N) is 3. The number of urea groups is 1. The summed E-state index contributed by atoms with van der Waals surface area (Å²) in [7, 11) is 1.42. The fourth-order valence-corrected chi connectivity index (χ4v) is 4.43. The van der Waals surface area contributed by atoms with E-state index < -0.39 is 30.6 Å². The lowest BCUT2D eigenvalue weighted by atomic mass is 9.95. The minimum Gasteiger partial charge on any atom is -0.493 e. The van der Waals surface area contributed by atoms with Gasteiger partial charge in [-0.25, -0.2) is 19.4 Å². The molecular formula is C31H30ClFN4O7. The zero-order chi connectivity index (χ0) is 31.6. The van der Waals surface area contributed by atoms with E-state index in [0.29, 0.717) is 27.6 Å². The molecule has 1 atom stereocenters. The van der Waals surface area contributed by atoms with Crippen molar-refractivity contribution in [3.63, 3.8) is 0 Å². The van der Waals surface area contributed by atoms with Gasteiger partial charge in [0, 0.05) is 16.3 Å². The molecule has 1 aliphatic heterocycles. The normalized spacial score (nSPS) is 14.5. The number of hydrogen-bond acceptors (Lipinski definition) is 8. The average molecular weight is 625 g/mol. The summed E-state index contributed by atoms with van der Waals surface area (Å²) in [5.74, 6) is -0.485. The standard InChI is InChI=1S/C31H30ClFN4O7/c1-4-42-30(39)28-18(2)35-31(40)36-29(28)20-7-11-25(26(14-20)41-3)44-17-27(38)37-34-15-21-13-22(32)8-12-24(21)43-16-19-5-9-23(33)10-6-19/h5-15,29H,4,16-17H2,1-3H3,(H,37,38)(H2,35,36,40)/b34-15+/t29-/m1/s1. The predicted molar refractivity (Wildman–Crippen MR) is 160 cm³/mol. The Balaban J connectivity index is 1.39. The molecule has 0 fully saturated rings. The van der Waals surface area contributed by atoms with E-state index >= 15 is 0 Å². The van der Waals surface area contributed by atoms with Gasteiger partial charge in [0.05, 0.1) is 31.5 Å². The first-order valence-electron chi connectivity index (χ1n) is 13.4. The smallest absolute Gasteiger partial charge is 0.338 e. The summed E-state index contributed by atoms with van der Waals surface area (Å²) in [6.45, 7) is 3.27. The number of amides is 3. The molecule has 3 N–H and O–H groups in total. The van der Waals surface area contributed by atoms with Crippen molar-refractivity contribution in [1.82, 2.24) is 16.1 Å². The van der Waals surface area contributed by atoms with Gasteiger partial charge in [-0.2, -0.15) is 5.10 Å². The Kier molecular flexibility index (Phi) is 10.8. The van der Waals surface area contributed by atoms with Gasteiger partial charge in [0.15, 0.2) is 18.1 Å². The Hall–Kier alpha value is -5.10. The molecule has 0 radical (unpaired) electrons. The molecule has 0 unspecified atom stereocenters. The van der Waals surface area contributed by atoms with E-state index in [1.54, 1.807) is 62.4 Å². The third kappa shape index (κ3) is 8.26. The maximum atomic E-state index is 13.2. The second-order valence-corrected chi connectivity index (χ2v) is 9.82. The summed E-state index contributed by atoms with van der Waals surface area (Å²) >= 11 is 6.12. The van der Waals surface area contributed by atoms with Crippen LogP contribution in [0, 0.1) is 5.82 Å². The quantitative estimate of drug-likeness (QED) is 0.150. The number of carbonyl (C=O) groups excluding carboxylic acids is 3. The SMILES string of the molecule is CCOC(=O)C1=C(C)NC(=O)N[C@@H]1c1ccc(OCC(=O)N/N=C/c2cc(Cl)ccc2OCc2ccc(F)cc2)c(OC)c1. The highest BCUT2D eigenvalue weighted by Gasteiger charge is 2.32. The van der Waals surface area contributed by atoms with Crippen molar-refractivity contribution >= 4 is 35.7 Å². The topological polar surface area (TPSA) is 137 Å². The molecule has 4 rings (SSSR count). The highest BCUT2D eigenvalue weighted by molar-refractivity contribution is 6.30. The highest BCUT2D eigenvalue weighted by Crippen LogP contribution is 2.34. The Morgan fingerprint density at radius 2 is 1.80 bits per heavy atom. The molecule has 3 aromatic rings. The minimum atomic E-state index is -0.792. The highest BCUT2D eigenvalue weighted by atomic mass is 35.5. The molecule has 3 amide bonds. The second kappa shape index (κ2) is 14.9. The first-order valence-corrected chi connectivity index (χ1v) is 13.8. The zero-order valence-corrected chi connectivity index (χ0v) is 24.9. The number of methoxy groups -OCH3 is 1. The van der Waals surface area contributed by atoms with E-state index in [-0.39, 0.29) is 36.1 Å². The van der Waals surface area contributed by atoms with Gasteiger partial charge in [-0.15, -0.1) is 0 Å². The molecule has 13 heteroatoms. The molecule has 11 nitrogen and oxygen atoms in total. The predicted octanol–water partition coefficient (Wildman–Crippen LogP) is 4.79. The zero-order valence-electron chi connectivity index (χ0n) is 24.1. The number of benzene rings is 3. The molecule has 0 saturated carbocycles. The van der Waals surface area contributed by atoms with Crippen molar-refractivity contribution in [3.05, 3.63) is 99.5 Å². The number of nitrogens with zero attached hydrogens (tertiary/aromatic N) is 1. The lowest BCUT2D eigenvalue weighted by Crippen LogP contribution is -2.45. The van der Waals surface area contributed by atoms with Crippen molar-refractivity contribution in [2.75, 3.05) is 20.3 Å². The molecule has 44 heavy (non-hydrogen) atoms. The third-order valence-corrected chi connectivity index (χ3v) is 6.55. The lowest BCUT2D eigenvalue weighted by Gasteiger charge is -2.28. The fraction of sp³-hybridized carbons (Fsp3) is 0.226. The largest absolute Gasteiger partial charge is 0.493 e. The number of esters is 1. The Morgan fingerprint density at radius 3 is 2.52 bits per heavy atom. The number of hydrazone groups is 1. The molecule has 0 saturated heterocycles. The Bertz CT molecular complexity index is 1590. The molecule has 3 aromatic carbocycles. The molecular weight excluding hydrogens is 595 g/mol. The summed E-state index contributed by atoms with van der Waals surface area (Å²) in [6.07, 6.45) is 1.38. The van der Waals surface area contributed by atoms with E-state index in [9.17, 15) is 18.8 Å². The van der Waals surface area contributed by atoms with Gasteiger partial charge in [0.25, 0.3) is 5.91 Å². The average Bonchev–Trinajstić information content (AvgIpc) is 3.00. The fourth-order valence-electron chi connectivity index (χ4n) is 4.25. The number of ether oxygens (including phenoxy) is 4. The third-order valence-electron chi connectivity index (χ3n) is 6.32. The van der Waals surface area contributed by atoms with E-state index in [1.165, 1.54) is 25.5 Å². The van der Waals surface area contributed by atoms with Crippen LogP contribution in [-0.2, 0) is 20.9 Å². The van der Waals surface area contributed by atoms with Gasteiger partial charge in [0.2, 0.25) is 0 Å². The van der Waals surface area contributed by atoms with Crippen LogP contribution < -0.4 is 30.3 Å². The first kappa shape index (κ1) is 31.8. The van der Waals surface area contributed by atoms with Crippen LogP contribution in [0.15, 0.2) is 77.0 Å². The van der Waals surface area contributed by atoms with Gasteiger partial charge in [-0.1, -0.05) is 29.8 Å². The van der Waals surface area contributed by atoms with Crippen molar-refractivity contribution < 1.29 is 37.7 Å². The van der Waals surface area contributed by atoms with E-state index in [0.717, 1.165) is 5.56 Å². The van der Waals surface area contributed by atoms with E-state index in [2.05, 4.69) is 21.2 Å². The number of halogens is 2. The van der Waals surface area contributed by atoms with Gasteiger partial charge < -0.3 is 29.6 Å². The lowest BCUT2D eigenvalue weighted by molar-refractivity contribution is -0.139. The molecule has 0 aliphatic carbocycles. The van der Waals surface area contributed by atoms with Crippen LogP contribution in [-0.4, -0.2) is 44.4 Å². The summed E-state index contributed by atoms with van der Waals surface area (Å²) < 4.78 is 35.2. The molecule has 0 spiro atoms. The van der Waals surface area contributed by atoms with E-state index in [1.807, 2.05) is 0 Å². The molecule has 1 aliphatic rings. The van der Waals surface area contributed by atoms with Crippen LogP contribution in [0.2, 0.25) is 5.02 Å².